The Kier molecular flexibility index (Phi) is 3.90. The highest BCUT2D eigenvalue weighted by Crippen LogP contribution is 2.11. The molecular formula is C6H11IO3. The van der Waals surface area contributed by atoms with E-state index in [1.54, 1.807) is 0 Å². The number of alkyl halides is 1. The number of aliphatic hydroxyl groups excluding tert-OH is 1. The van der Waals surface area contributed by atoms with E-state index < -0.39 is 0 Å². The molecule has 1 N–H and O–H groups in total. The fourth-order valence-corrected chi connectivity index (χ4v) is 1.51. The summed E-state index contributed by atoms with van der Waals surface area (Å²) in [5, 5.41) is 9.34. The van der Waals surface area contributed by atoms with Gasteiger partial charge in [-0.3, -0.25) is 0 Å². The Labute approximate surface area is 73.8 Å². The Hall–Kier alpha value is 0.610. The lowest BCUT2D eigenvalue weighted by Crippen LogP contribution is -2.28. The molecule has 60 valence electrons. The highest BCUT2D eigenvalue weighted by Gasteiger charge is 2.23. The molecule has 1 aliphatic rings. The third-order valence-electron chi connectivity index (χ3n) is 1.48. The first-order chi connectivity index (χ1) is 4.84. The summed E-state index contributed by atoms with van der Waals surface area (Å²) >= 11 is 2.23. The van der Waals surface area contributed by atoms with Crippen LogP contribution in [0, 0.1) is 0 Å². The molecule has 0 radical (unpaired) electrons. The van der Waals surface area contributed by atoms with Gasteiger partial charge in [-0.15, -0.1) is 0 Å². The van der Waals surface area contributed by atoms with Crippen LogP contribution in [0.5, 0.6) is 0 Å². The predicted molar refractivity (Wildman–Crippen MR) is 45.2 cm³/mol. The average Bonchev–Trinajstić information content (AvgIpc) is 2.38. The molecule has 0 saturated carbocycles. The Morgan fingerprint density at radius 1 is 1.70 bits per heavy atom. The highest BCUT2D eigenvalue weighted by molar-refractivity contribution is 14.1. The molecule has 2 atom stereocenters. The Morgan fingerprint density at radius 3 is 3.00 bits per heavy atom. The second-order valence-corrected chi connectivity index (χ2v) is 3.32. The van der Waals surface area contributed by atoms with E-state index in [1.165, 1.54) is 0 Å². The van der Waals surface area contributed by atoms with Crippen LogP contribution in [0.2, 0.25) is 0 Å². The van der Waals surface area contributed by atoms with Crippen LogP contribution in [-0.4, -0.2) is 35.1 Å². The van der Waals surface area contributed by atoms with Gasteiger partial charge in [-0.1, -0.05) is 22.6 Å². The smallest absolute Gasteiger partial charge is 0.147 e. The summed E-state index contributed by atoms with van der Waals surface area (Å²) in [7, 11) is 0. The zero-order valence-corrected chi connectivity index (χ0v) is 7.78. The summed E-state index contributed by atoms with van der Waals surface area (Å²) in [5.74, 6) is 0. The van der Waals surface area contributed by atoms with Gasteiger partial charge in [0, 0.05) is 4.43 Å². The summed E-state index contributed by atoms with van der Waals surface area (Å²) < 4.78 is 11.0. The average molecular weight is 258 g/mol. The number of hydrogen-bond acceptors (Lipinski definition) is 3. The maximum atomic E-state index is 9.34. The van der Waals surface area contributed by atoms with Crippen LogP contribution in [0.4, 0.5) is 0 Å². The molecule has 0 amide bonds. The molecule has 0 spiro atoms. The second kappa shape index (κ2) is 4.48. The fraction of sp³-hybridized carbons (Fsp3) is 1.00. The number of rotatable bonds is 3. The van der Waals surface area contributed by atoms with Gasteiger partial charge in [-0.25, -0.2) is 0 Å². The zero-order valence-electron chi connectivity index (χ0n) is 5.62. The molecule has 1 rings (SSSR count). The van der Waals surface area contributed by atoms with E-state index in [1.807, 2.05) is 0 Å². The topological polar surface area (TPSA) is 38.7 Å². The van der Waals surface area contributed by atoms with Crippen LogP contribution in [-0.2, 0) is 9.47 Å². The third kappa shape index (κ3) is 2.34. The van der Waals surface area contributed by atoms with Crippen LogP contribution < -0.4 is 0 Å². The highest BCUT2D eigenvalue weighted by atomic mass is 127. The van der Waals surface area contributed by atoms with Crippen LogP contribution in [0.1, 0.15) is 6.42 Å². The van der Waals surface area contributed by atoms with Crippen LogP contribution >= 0.6 is 22.6 Å². The van der Waals surface area contributed by atoms with E-state index >= 15 is 0 Å². The molecule has 1 heterocycles. The third-order valence-corrected chi connectivity index (χ3v) is 2.10. The first kappa shape index (κ1) is 8.70. The molecule has 1 fully saturated rings. The van der Waals surface area contributed by atoms with E-state index in [0.717, 1.165) is 10.8 Å². The number of ether oxygens (including phenoxy) is 2. The summed E-state index contributed by atoms with van der Waals surface area (Å²) in [6, 6.07) is 0. The van der Waals surface area contributed by atoms with Crippen molar-refractivity contribution in [1.82, 2.24) is 0 Å². The summed E-state index contributed by atoms with van der Waals surface area (Å²) in [5.41, 5.74) is 0. The first-order valence-electron chi connectivity index (χ1n) is 3.28. The first-order valence-corrected chi connectivity index (χ1v) is 4.80. The lowest BCUT2D eigenvalue weighted by atomic mass is 10.2. The normalized spacial score (nSPS) is 28.8. The monoisotopic (exact) mass is 258 g/mol. The predicted octanol–water partition coefficient (Wildman–Crippen LogP) is 0.545. The number of aliphatic hydroxyl groups is 1. The van der Waals surface area contributed by atoms with Gasteiger partial charge >= 0.3 is 0 Å². The van der Waals surface area contributed by atoms with Crippen LogP contribution in [0.3, 0.4) is 0 Å². The molecule has 1 saturated heterocycles. The van der Waals surface area contributed by atoms with Crippen molar-refractivity contribution in [3.05, 3.63) is 0 Å². The molecule has 0 aromatic rings. The molecule has 0 aromatic carbocycles. The van der Waals surface area contributed by atoms with Gasteiger partial charge < -0.3 is 14.6 Å². The van der Waals surface area contributed by atoms with Crippen molar-refractivity contribution in [2.75, 3.05) is 17.8 Å². The van der Waals surface area contributed by atoms with E-state index in [-0.39, 0.29) is 12.2 Å². The van der Waals surface area contributed by atoms with Crippen molar-refractivity contribution < 1.29 is 14.6 Å². The molecule has 0 aromatic heterocycles. The number of hydrogen-bond donors (Lipinski definition) is 1. The van der Waals surface area contributed by atoms with Gasteiger partial charge in [0.25, 0.3) is 0 Å². The lowest BCUT2D eigenvalue weighted by molar-refractivity contribution is -0.0101. The summed E-state index contributed by atoms with van der Waals surface area (Å²) in [6.07, 6.45) is 0.350. The quantitative estimate of drug-likeness (QED) is 0.593. The van der Waals surface area contributed by atoms with Gasteiger partial charge in [0.2, 0.25) is 0 Å². The van der Waals surface area contributed by atoms with Crippen LogP contribution in [0.15, 0.2) is 0 Å². The maximum Gasteiger partial charge on any atom is 0.147 e. The minimum absolute atomic E-state index is 0.0882. The van der Waals surface area contributed by atoms with Gasteiger partial charge in [0.05, 0.1) is 12.7 Å². The molecule has 2 unspecified atom stereocenters. The molecule has 1 aliphatic heterocycles. The van der Waals surface area contributed by atoms with Crippen molar-refractivity contribution in [1.29, 1.82) is 0 Å². The Balaban J connectivity index is 2.18. The van der Waals surface area contributed by atoms with Crippen molar-refractivity contribution in [2.45, 2.75) is 18.6 Å². The molecular weight excluding hydrogens is 247 g/mol. The van der Waals surface area contributed by atoms with Crippen LogP contribution in [0.25, 0.3) is 0 Å². The second-order valence-electron chi connectivity index (χ2n) is 2.24. The summed E-state index contributed by atoms with van der Waals surface area (Å²) in [4.78, 5) is 0. The number of halogens is 1. The van der Waals surface area contributed by atoms with E-state index in [2.05, 4.69) is 22.6 Å². The minimum atomic E-state index is -0.348. The zero-order chi connectivity index (χ0) is 7.40. The minimum Gasteiger partial charge on any atom is -0.390 e. The van der Waals surface area contributed by atoms with Crippen molar-refractivity contribution in [3.63, 3.8) is 0 Å². The van der Waals surface area contributed by atoms with Gasteiger partial charge in [-0.05, 0) is 6.42 Å². The molecule has 3 nitrogen and oxygen atoms in total. The van der Waals surface area contributed by atoms with Crippen molar-refractivity contribution >= 4 is 22.6 Å². The SMILES string of the molecule is OC(CCI)C1COCO1. The lowest BCUT2D eigenvalue weighted by Gasteiger charge is -2.13. The van der Waals surface area contributed by atoms with E-state index in [9.17, 15) is 5.11 Å². The summed E-state index contributed by atoms with van der Waals surface area (Å²) in [6.45, 7) is 0.876. The van der Waals surface area contributed by atoms with E-state index in [0.29, 0.717) is 13.4 Å². The van der Waals surface area contributed by atoms with E-state index in [4.69, 9.17) is 9.47 Å². The van der Waals surface area contributed by atoms with Crippen molar-refractivity contribution in [3.8, 4) is 0 Å². The molecule has 4 heteroatoms. The standard InChI is InChI=1S/C6H11IO3/c7-2-1-5(8)6-3-9-4-10-6/h5-6,8H,1-4H2. The Bertz CT molecular complexity index is 93.0. The molecule has 0 bridgehead atoms. The maximum absolute atomic E-state index is 9.34. The molecule has 10 heavy (non-hydrogen) atoms. The Morgan fingerprint density at radius 2 is 2.50 bits per heavy atom. The largest absolute Gasteiger partial charge is 0.390 e. The molecule has 0 aliphatic carbocycles. The van der Waals surface area contributed by atoms with Crippen molar-refractivity contribution in [2.24, 2.45) is 0 Å². The van der Waals surface area contributed by atoms with Gasteiger partial charge in [0.15, 0.2) is 0 Å². The van der Waals surface area contributed by atoms with Gasteiger partial charge in [-0.2, -0.15) is 0 Å². The van der Waals surface area contributed by atoms with Gasteiger partial charge in [0.1, 0.15) is 12.9 Å². The fourth-order valence-electron chi connectivity index (χ4n) is 0.868.